The zero-order chi connectivity index (χ0) is 16.7. The van der Waals surface area contributed by atoms with Gasteiger partial charge in [-0.3, -0.25) is 4.79 Å². The van der Waals surface area contributed by atoms with Crippen LogP contribution in [0.4, 0.5) is 15.8 Å². The molecule has 0 unspecified atom stereocenters. The number of rotatable bonds is 5. The Hall–Kier alpha value is -3.33. The van der Waals surface area contributed by atoms with Crippen LogP contribution in [-0.2, 0) is 11.3 Å². The summed E-state index contributed by atoms with van der Waals surface area (Å²) in [5.41, 5.74) is 7.30. The van der Waals surface area contributed by atoms with E-state index in [-0.39, 0.29) is 11.4 Å². The molecule has 116 valence electrons. The third kappa shape index (κ3) is 4.86. The van der Waals surface area contributed by atoms with Crippen LogP contribution in [0, 0.1) is 17.1 Å². The highest BCUT2D eigenvalue weighted by Crippen LogP contribution is 2.11. The van der Waals surface area contributed by atoms with Crippen LogP contribution >= 0.6 is 0 Å². The molecule has 2 aromatic rings. The number of nitrogens with zero attached hydrogens (tertiary/aromatic N) is 1. The molecule has 0 radical (unpaired) electrons. The predicted octanol–water partition coefficient (Wildman–Crippen LogP) is 2.54. The summed E-state index contributed by atoms with van der Waals surface area (Å²) in [6.07, 6.45) is 1.30. The number of nitriles is 1. The van der Waals surface area contributed by atoms with Gasteiger partial charge in [-0.25, -0.2) is 4.39 Å². The number of anilines is 2. The highest BCUT2D eigenvalue weighted by Gasteiger charge is 2.09. The standard InChI is InChI=1S/C17H15FN4O/c18-14-3-1-2-12(8-14)10-21-11-13(9-19)17(23)22-16-6-4-15(20)5-7-16/h1-8,11,21H,10,20H2,(H,22,23)/b13-11-. The van der Waals surface area contributed by atoms with Crippen molar-refractivity contribution in [3.63, 3.8) is 0 Å². The number of carbonyl (C=O) groups excluding carboxylic acids is 1. The van der Waals surface area contributed by atoms with Crippen molar-refractivity contribution in [2.24, 2.45) is 0 Å². The van der Waals surface area contributed by atoms with Crippen molar-refractivity contribution < 1.29 is 9.18 Å². The Kier molecular flexibility index (Phi) is 5.31. The van der Waals surface area contributed by atoms with Crippen LogP contribution in [0.5, 0.6) is 0 Å². The number of nitrogens with two attached hydrogens (primary N) is 1. The van der Waals surface area contributed by atoms with Crippen molar-refractivity contribution in [3.05, 3.63) is 71.7 Å². The van der Waals surface area contributed by atoms with Crippen LogP contribution in [0.25, 0.3) is 0 Å². The summed E-state index contributed by atoms with van der Waals surface area (Å²) in [7, 11) is 0. The number of benzene rings is 2. The van der Waals surface area contributed by atoms with Gasteiger partial charge in [-0.15, -0.1) is 0 Å². The van der Waals surface area contributed by atoms with Crippen molar-refractivity contribution in [3.8, 4) is 6.07 Å². The molecule has 0 fully saturated rings. The Morgan fingerprint density at radius 2 is 2.00 bits per heavy atom. The minimum Gasteiger partial charge on any atom is -0.399 e. The Labute approximate surface area is 133 Å². The van der Waals surface area contributed by atoms with E-state index in [0.29, 0.717) is 23.5 Å². The van der Waals surface area contributed by atoms with Gasteiger partial charge in [0.1, 0.15) is 17.5 Å². The monoisotopic (exact) mass is 310 g/mol. The van der Waals surface area contributed by atoms with Gasteiger partial charge in [-0.2, -0.15) is 5.26 Å². The summed E-state index contributed by atoms with van der Waals surface area (Å²) in [4.78, 5) is 12.0. The molecular weight excluding hydrogens is 295 g/mol. The average molecular weight is 310 g/mol. The number of hydrogen-bond acceptors (Lipinski definition) is 4. The molecule has 0 spiro atoms. The summed E-state index contributed by atoms with van der Waals surface area (Å²) in [6, 6.07) is 14.5. The van der Waals surface area contributed by atoms with E-state index in [1.54, 1.807) is 36.4 Å². The van der Waals surface area contributed by atoms with E-state index >= 15 is 0 Å². The lowest BCUT2D eigenvalue weighted by Gasteiger charge is -2.06. The first-order chi connectivity index (χ1) is 11.1. The van der Waals surface area contributed by atoms with Crippen LogP contribution < -0.4 is 16.4 Å². The topological polar surface area (TPSA) is 90.9 Å². The molecule has 0 aliphatic carbocycles. The first-order valence-corrected chi connectivity index (χ1v) is 6.83. The van der Waals surface area contributed by atoms with Gasteiger partial charge in [0.25, 0.3) is 5.91 Å². The Balaban J connectivity index is 1.96. The molecule has 4 N–H and O–H groups in total. The minimum atomic E-state index is -0.538. The fourth-order valence-corrected chi connectivity index (χ4v) is 1.83. The van der Waals surface area contributed by atoms with Crippen molar-refractivity contribution >= 4 is 17.3 Å². The normalized spacial score (nSPS) is 10.7. The van der Waals surface area contributed by atoms with Crippen LogP contribution in [0.2, 0.25) is 0 Å². The minimum absolute atomic E-state index is 0.0850. The molecular formula is C17H15FN4O. The molecule has 0 bridgehead atoms. The zero-order valence-electron chi connectivity index (χ0n) is 12.2. The fraction of sp³-hybridized carbons (Fsp3) is 0.0588. The second-order valence-electron chi connectivity index (χ2n) is 4.76. The predicted molar refractivity (Wildman–Crippen MR) is 86.4 cm³/mol. The number of nitrogen functional groups attached to an aromatic ring is 1. The molecule has 0 aliphatic rings. The maximum Gasteiger partial charge on any atom is 0.267 e. The van der Waals surface area contributed by atoms with Crippen LogP contribution in [0.15, 0.2) is 60.3 Å². The largest absolute Gasteiger partial charge is 0.399 e. The van der Waals surface area contributed by atoms with Gasteiger partial charge in [-0.1, -0.05) is 12.1 Å². The van der Waals surface area contributed by atoms with E-state index in [1.165, 1.54) is 18.3 Å². The number of halogens is 1. The first-order valence-electron chi connectivity index (χ1n) is 6.83. The molecule has 0 aromatic heterocycles. The maximum atomic E-state index is 13.0. The maximum absolute atomic E-state index is 13.0. The van der Waals surface area contributed by atoms with Crippen molar-refractivity contribution in [2.75, 3.05) is 11.1 Å². The van der Waals surface area contributed by atoms with Gasteiger partial charge in [-0.05, 0) is 42.0 Å². The van der Waals surface area contributed by atoms with Gasteiger partial charge < -0.3 is 16.4 Å². The molecule has 2 aromatic carbocycles. The van der Waals surface area contributed by atoms with Crippen molar-refractivity contribution in [2.45, 2.75) is 6.54 Å². The molecule has 1 amide bonds. The quantitative estimate of drug-likeness (QED) is 0.449. The third-order valence-electron chi connectivity index (χ3n) is 2.98. The highest BCUT2D eigenvalue weighted by atomic mass is 19.1. The van der Waals surface area contributed by atoms with Gasteiger partial charge in [0.15, 0.2) is 0 Å². The summed E-state index contributed by atoms with van der Waals surface area (Å²) in [6.45, 7) is 0.304. The van der Waals surface area contributed by atoms with E-state index in [1.807, 2.05) is 6.07 Å². The van der Waals surface area contributed by atoms with Crippen LogP contribution in [0.1, 0.15) is 5.56 Å². The fourth-order valence-electron chi connectivity index (χ4n) is 1.83. The summed E-state index contributed by atoms with van der Waals surface area (Å²) in [5, 5.41) is 14.5. The smallest absolute Gasteiger partial charge is 0.267 e. The van der Waals surface area contributed by atoms with E-state index in [0.717, 1.165) is 0 Å². The molecule has 0 heterocycles. The highest BCUT2D eigenvalue weighted by molar-refractivity contribution is 6.06. The van der Waals surface area contributed by atoms with Gasteiger partial charge in [0.2, 0.25) is 0 Å². The second kappa shape index (κ2) is 7.61. The summed E-state index contributed by atoms with van der Waals surface area (Å²) < 4.78 is 13.0. The lowest BCUT2D eigenvalue weighted by molar-refractivity contribution is -0.112. The zero-order valence-corrected chi connectivity index (χ0v) is 12.2. The number of amides is 1. The van der Waals surface area contributed by atoms with Gasteiger partial charge >= 0.3 is 0 Å². The second-order valence-corrected chi connectivity index (χ2v) is 4.76. The van der Waals surface area contributed by atoms with Gasteiger partial charge in [0.05, 0.1) is 0 Å². The molecule has 0 saturated heterocycles. The van der Waals surface area contributed by atoms with E-state index in [4.69, 9.17) is 11.0 Å². The van der Waals surface area contributed by atoms with Crippen molar-refractivity contribution in [1.29, 1.82) is 5.26 Å². The van der Waals surface area contributed by atoms with Crippen LogP contribution in [-0.4, -0.2) is 5.91 Å². The SMILES string of the molecule is N#C/C(=C/NCc1cccc(F)c1)C(=O)Nc1ccc(N)cc1. The molecule has 6 heteroatoms. The first kappa shape index (κ1) is 16.0. The molecule has 0 atom stereocenters. The van der Waals surface area contributed by atoms with E-state index < -0.39 is 5.91 Å². The molecule has 0 aliphatic heterocycles. The molecule has 0 saturated carbocycles. The van der Waals surface area contributed by atoms with Crippen molar-refractivity contribution in [1.82, 2.24) is 5.32 Å². The summed E-state index contributed by atoms with van der Waals surface area (Å²) >= 11 is 0. The Bertz CT molecular complexity index is 763. The van der Waals surface area contributed by atoms with E-state index in [2.05, 4.69) is 10.6 Å². The van der Waals surface area contributed by atoms with Crippen LogP contribution in [0.3, 0.4) is 0 Å². The Morgan fingerprint density at radius 3 is 2.65 bits per heavy atom. The number of nitrogens with one attached hydrogen (secondary N) is 2. The molecule has 2 rings (SSSR count). The van der Waals surface area contributed by atoms with E-state index in [9.17, 15) is 9.18 Å². The summed E-state index contributed by atoms with van der Waals surface area (Å²) in [5.74, 6) is -0.876. The number of hydrogen-bond donors (Lipinski definition) is 3. The number of carbonyl (C=O) groups is 1. The molecule has 23 heavy (non-hydrogen) atoms. The average Bonchev–Trinajstić information content (AvgIpc) is 2.54. The lowest BCUT2D eigenvalue weighted by atomic mass is 10.2. The lowest BCUT2D eigenvalue weighted by Crippen LogP contribution is -2.16. The Morgan fingerprint density at radius 1 is 1.26 bits per heavy atom. The van der Waals surface area contributed by atoms with Gasteiger partial charge in [0, 0.05) is 24.1 Å². The molecule has 5 nitrogen and oxygen atoms in total. The third-order valence-corrected chi connectivity index (χ3v) is 2.98.